The first kappa shape index (κ1) is 17.8. The fraction of sp³-hybridized carbons (Fsp3) is 0.950. The summed E-state index contributed by atoms with van der Waals surface area (Å²) < 4.78 is 6.00. The van der Waals surface area contributed by atoms with Crippen LogP contribution in [0.2, 0.25) is 0 Å². The van der Waals surface area contributed by atoms with Crippen molar-refractivity contribution in [1.29, 1.82) is 0 Å². The number of ether oxygens (including phenoxy) is 1. The van der Waals surface area contributed by atoms with Crippen molar-refractivity contribution in [2.75, 3.05) is 6.61 Å². The van der Waals surface area contributed by atoms with E-state index in [9.17, 15) is 4.79 Å². The fourth-order valence-corrected chi connectivity index (χ4v) is 7.15. The first-order valence-electron chi connectivity index (χ1n) is 9.83. The molecule has 0 radical (unpaired) electrons. The van der Waals surface area contributed by atoms with Crippen LogP contribution in [0.15, 0.2) is 0 Å². The van der Waals surface area contributed by atoms with Gasteiger partial charge in [0, 0.05) is 29.4 Å². The van der Waals surface area contributed by atoms with Gasteiger partial charge in [0.05, 0.1) is 6.10 Å². The summed E-state index contributed by atoms with van der Waals surface area (Å²) in [4.78, 5) is 12.2. The van der Waals surface area contributed by atoms with Crippen molar-refractivity contribution in [3.8, 4) is 0 Å². The van der Waals surface area contributed by atoms with Crippen LogP contribution in [-0.4, -0.2) is 29.0 Å². The molecule has 0 amide bonds. The van der Waals surface area contributed by atoms with Gasteiger partial charge in [-0.15, -0.1) is 0 Å². The molecule has 23 heavy (non-hydrogen) atoms. The zero-order chi connectivity index (χ0) is 16.6. The minimum Gasteiger partial charge on any atom is -0.378 e. The number of Topliss-reactive ketones (excluding diaryl/α,β-unsaturated/α-hetero) is 1. The molecule has 0 aliphatic heterocycles. The van der Waals surface area contributed by atoms with Crippen LogP contribution < -0.4 is 0 Å². The molecule has 3 aliphatic carbocycles. The molecular weight excluding hydrogens is 304 g/mol. The van der Waals surface area contributed by atoms with Crippen molar-refractivity contribution in [1.82, 2.24) is 0 Å². The summed E-state index contributed by atoms with van der Waals surface area (Å²) in [6.07, 6.45) is 7.82. The Kier molecular flexibility index (Phi) is 5.78. The van der Waals surface area contributed by atoms with Gasteiger partial charge in [-0.1, -0.05) is 20.8 Å². The van der Waals surface area contributed by atoms with Gasteiger partial charge in [0.2, 0.25) is 0 Å². The summed E-state index contributed by atoms with van der Waals surface area (Å²) in [5.41, 5.74) is 0. The molecule has 2 nitrogen and oxygen atoms in total. The van der Waals surface area contributed by atoms with Gasteiger partial charge in [-0.2, -0.15) is 11.8 Å². The summed E-state index contributed by atoms with van der Waals surface area (Å²) in [5, 5.41) is 1.27. The van der Waals surface area contributed by atoms with E-state index in [0.717, 1.165) is 48.4 Å². The molecule has 0 heterocycles. The lowest BCUT2D eigenvalue weighted by molar-refractivity contribution is -0.122. The second-order valence-corrected chi connectivity index (χ2v) is 9.98. The van der Waals surface area contributed by atoms with E-state index in [0.29, 0.717) is 17.1 Å². The van der Waals surface area contributed by atoms with Crippen LogP contribution in [0.5, 0.6) is 0 Å². The smallest absolute Gasteiger partial charge is 0.136 e. The normalized spacial score (nSPS) is 41.0. The van der Waals surface area contributed by atoms with Gasteiger partial charge < -0.3 is 4.74 Å². The van der Waals surface area contributed by atoms with Gasteiger partial charge in [0.25, 0.3) is 0 Å². The van der Waals surface area contributed by atoms with Gasteiger partial charge in [-0.05, 0) is 62.7 Å². The van der Waals surface area contributed by atoms with Crippen LogP contribution in [0, 0.1) is 29.6 Å². The standard InChI is InChI=1S/C20H34O2S/c1-5-12(3)19(21)7-13(4)23-15-10-16-14-8-18(17(16)11-15)20(9-14)22-6-2/h12-18,20H,5-11H2,1-4H3. The van der Waals surface area contributed by atoms with Gasteiger partial charge in [0.1, 0.15) is 5.78 Å². The monoisotopic (exact) mass is 338 g/mol. The van der Waals surface area contributed by atoms with E-state index >= 15 is 0 Å². The third-order valence-electron chi connectivity index (χ3n) is 6.82. The lowest BCUT2D eigenvalue weighted by atomic mass is 9.80. The molecule has 3 rings (SSSR count). The summed E-state index contributed by atoms with van der Waals surface area (Å²) in [6.45, 7) is 9.45. The highest BCUT2D eigenvalue weighted by molar-refractivity contribution is 8.00. The molecule has 8 unspecified atom stereocenters. The third-order valence-corrected chi connectivity index (χ3v) is 8.22. The predicted molar refractivity (Wildman–Crippen MR) is 97.8 cm³/mol. The maximum atomic E-state index is 12.2. The zero-order valence-corrected chi connectivity index (χ0v) is 16.1. The molecule has 3 saturated carbocycles. The number of carbonyl (C=O) groups is 1. The maximum Gasteiger partial charge on any atom is 0.136 e. The van der Waals surface area contributed by atoms with Crippen LogP contribution >= 0.6 is 11.8 Å². The molecule has 8 atom stereocenters. The molecule has 3 fully saturated rings. The van der Waals surface area contributed by atoms with Crippen molar-refractivity contribution >= 4 is 17.5 Å². The van der Waals surface area contributed by atoms with E-state index in [1.165, 1.54) is 25.7 Å². The van der Waals surface area contributed by atoms with Crippen molar-refractivity contribution in [2.24, 2.45) is 29.6 Å². The van der Waals surface area contributed by atoms with Crippen molar-refractivity contribution in [2.45, 2.75) is 82.8 Å². The topological polar surface area (TPSA) is 26.3 Å². The summed E-state index contributed by atoms with van der Waals surface area (Å²) in [5.74, 6) is 4.36. The average molecular weight is 339 g/mol. The van der Waals surface area contributed by atoms with Gasteiger partial charge in [-0.25, -0.2) is 0 Å². The molecule has 0 aromatic heterocycles. The highest BCUT2D eigenvalue weighted by atomic mass is 32.2. The van der Waals surface area contributed by atoms with E-state index < -0.39 is 0 Å². The molecular formula is C20H34O2S. The third kappa shape index (κ3) is 3.66. The number of hydrogen-bond acceptors (Lipinski definition) is 3. The van der Waals surface area contributed by atoms with Crippen LogP contribution in [0.25, 0.3) is 0 Å². The predicted octanol–water partition coefficient (Wildman–Crippen LogP) is 4.95. The van der Waals surface area contributed by atoms with E-state index in [4.69, 9.17) is 4.74 Å². The Morgan fingerprint density at radius 1 is 1.09 bits per heavy atom. The number of carbonyl (C=O) groups excluding carboxylic acids is 1. The quantitative estimate of drug-likeness (QED) is 0.626. The molecule has 132 valence electrons. The second-order valence-electron chi connectivity index (χ2n) is 8.24. The number of rotatable bonds is 8. The van der Waals surface area contributed by atoms with Crippen molar-refractivity contribution in [3.63, 3.8) is 0 Å². The van der Waals surface area contributed by atoms with E-state index in [1.54, 1.807) is 0 Å². The van der Waals surface area contributed by atoms with Crippen molar-refractivity contribution in [3.05, 3.63) is 0 Å². The Morgan fingerprint density at radius 2 is 1.83 bits per heavy atom. The van der Waals surface area contributed by atoms with Gasteiger partial charge in [-0.3, -0.25) is 4.79 Å². The Balaban J connectivity index is 1.49. The lowest BCUT2D eigenvalue weighted by Gasteiger charge is -2.31. The number of fused-ring (bicyclic) bond motifs is 5. The Hall–Kier alpha value is -0.0200. The molecule has 0 aromatic rings. The first-order valence-corrected chi connectivity index (χ1v) is 10.8. The maximum absolute atomic E-state index is 12.2. The number of thioether (sulfide) groups is 1. The zero-order valence-electron chi connectivity index (χ0n) is 15.3. The second kappa shape index (κ2) is 7.47. The summed E-state index contributed by atoms with van der Waals surface area (Å²) >= 11 is 2.10. The van der Waals surface area contributed by atoms with E-state index in [2.05, 4.69) is 39.5 Å². The summed E-state index contributed by atoms with van der Waals surface area (Å²) in [6, 6.07) is 0. The molecule has 2 bridgehead atoms. The minimum absolute atomic E-state index is 0.240. The molecule has 0 spiro atoms. The van der Waals surface area contributed by atoms with Crippen LogP contribution in [0.4, 0.5) is 0 Å². The molecule has 0 saturated heterocycles. The number of hydrogen-bond donors (Lipinski definition) is 0. The SMILES string of the molecule is CCOC1CC2CC1C1CC(SC(C)CC(=O)C(C)CC)CC21. The molecule has 0 aromatic carbocycles. The van der Waals surface area contributed by atoms with E-state index in [1.807, 2.05) is 0 Å². The lowest BCUT2D eigenvalue weighted by Crippen LogP contribution is -2.30. The van der Waals surface area contributed by atoms with Crippen LogP contribution in [0.3, 0.4) is 0 Å². The first-order chi connectivity index (χ1) is 11.0. The van der Waals surface area contributed by atoms with Gasteiger partial charge in [0.15, 0.2) is 0 Å². The number of ketones is 1. The highest BCUT2D eigenvalue weighted by Gasteiger charge is 2.56. The fourth-order valence-electron chi connectivity index (χ4n) is 5.56. The molecule has 0 N–H and O–H groups in total. The van der Waals surface area contributed by atoms with Crippen LogP contribution in [0.1, 0.15) is 66.2 Å². The Morgan fingerprint density at radius 3 is 2.52 bits per heavy atom. The van der Waals surface area contributed by atoms with Crippen molar-refractivity contribution < 1.29 is 9.53 Å². The average Bonchev–Trinajstić information content (AvgIpc) is 3.17. The minimum atomic E-state index is 0.240. The largest absolute Gasteiger partial charge is 0.378 e. The van der Waals surface area contributed by atoms with E-state index in [-0.39, 0.29) is 5.92 Å². The Labute approximate surface area is 146 Å². The molecule has 3 aliphatic rings. The summed E-state index contributed by atoms with van der Waals surface area (Å²) in [7, 11) is 0. The highest BCUT2D eigenvalue weighted by Crippen LogP contribution is 2.61. The van der Waals surface area contributed by atoms with Crippen LogP contribution in [-0.2, 0) is 9.53 Å². The Bertz CT molecular complexity index is 424. The molecule has 3 heteroatoms. The van der Waals surface area contributed by atoms with Gasteiger partial charge >= 0.3 is 0 Å².